The summed E-state index contributed by atoms with van der Waals surface area (Å²) in [7, 11) is 0. The first-order valence-corrected chi connectivity index (χ1v) is 10.3. The molecule has 4 aliphatic carbocycles. The van der Waals surface area contributed by atoms with Crippen LogP contribution in [-0.2, 0) is 0 Å². The Labute approximate surface area is 147 Å². The molecule has 0 aromatic rings. The fourth-order valence-corrected chi connectivity index (χ4v) is 7.37. The van der Waals surface area contributed by atoms with Crippen LogP contribution in [0.1, 0.15) is 79.1 Å². The van der Waals surface area contributed by atoms with Gasteiger partial charge in [-0.05, 0) is 79.4 Å². The summed E-state index contributed by atoms with van der Waals surface area (Å²) in [6, 6.07) is 0. The third-order valence-electron chi connectivity index (χ3n) is 8.84. The molecule has 0 aliphatic heterocycles. The number of aliphatic hydroxyl groups is 1. The van der Waals surface area contributed by atoms with Gasteiger partial charge in [0.2, 0.25) is 0 Å². The minimum atomic E-state index is -0.625. The first-order valence-electron chi connectivity index (χ1n) is 10.3. The minimum absolute atomic E-state index is 0.106. The van der Waals surface area contributed by atoms with Crippen LogP contribution in [0.15, 0.2) is 11.1 Å². The Morgan fingerprint density at radius 1 is 1.00 bits per heavy atom. The van der Waals surface area contributed by atoms with E-state index in [1.165, 1.54) is 31.3 Å². The molecule has 4 aliphatic rings. The fourth-order valence-electron chi connectivity index (χ4n) is 7.37. The van der Waals surface area contributed by atoms with Gasteiger partial charge in [-0.25, -0.2) is 4.39 Å². The molecule has 0 amide bonds. The summed E-state index contributed by atoms with van der Waals surface area (Å²) in [5, 5.41) is 10.6. The first-order chi connectivity index (χ1) is 11.3. The van der Waals surface area contributed by atoms with Gasteiger partial charge in [-0.3, -0.25) is 0 Å². The van der Waals surface area contributed by atoms with Crippen molar-refractivity contribution in [1.29, 1.82) is 0 Å². The molecule has 1 nitrogen and oxygen atoms in total. The van der Waals surface area contributed by atoms with Gasteiger partial charge in [0.25, 0.3) is 0 Å². The summed E-state index contributed by atoms with van der Waals surface area (Å²) in [4.78, 5) is 0. The van der Waals surface area contributed by atoms with Gasteiger partial charge in [-0.2, -0.15) is 0 Å². The number of aliphatic hydroxyl groups excluding tert-OH is 1. The van der Waals surface area contributed by atoms with Crippen molar-refractivity contribution >= 4 is 0 Å². The molecule has 24 heavy (non-hydrogen) atoms. The summed E-state index contributed by atoms with van der Waals surface area (Å²) < 4.78 is 14.2. The molecule has 3 saturated carbocycles. The highest BCUT2D eigenvalue weighted by Crippen LogP contribution is 2.66. The molecule has 1 N–H and O–H groups in total. The first kappa shape index (κ1) is 17.1. The smallest absolute Gasteiger partial charge is 0.104 e. The van der Waals surface area contributed by atoms with Crippen molar-refractivity contribution in [3.8, 4) is 0 Å². The van der Waals surface area contributed by atoms with E-state index in [1.54, 1.807) is 5.57 Å². The van der Waals surface area contributed by atoms with Crippen molar-refractivity contribution in [2.75, 3.05) is 0 Å². The molecular formula is C22H35FO. The number of rotatable bonds is 1. The number of fused-ring (bicyclic) bond motifs is 5. The van der Waals surface area contributed by atoms with E-state index in [0.717, 1.165) is 19.3 Å². The zero-order valence-corrected chi connectivity index (χ0v) is 15.9. The summed E-state index contributed by atoms with van der Waals surface area (Å²) in [6.45, 7) is 9.41. The van der Waals surface area contributed by atoms with Crippen molar-refractivity contribution in [3.63, 3.8) is 0 Å². The number of hydrogen-bond donors (Lipinski definition) is 1. The van der Waals surface area contributed by atoms with Crippen LogP contribution in [0.5, 0.6) is 0 Å². The molecule has 136 valence electrons. The van der Waals surface area contributed by atoms with Crippen molar-refractivity contribution in [2.45, 2.75) is 91.3 Å². The zero-order chi connectivity index (χ0) is 17.3. The second kappa shape index (κ2) is 5.56. The lowest BCUT2D eigenvalue weighted by atomic mass is 9.46. The van der Waals surface area contributed by atoms with E-state index >= 15 is 0 Å². The van der Waals surface area contributed by atoms with E-state index in [4.69, 9.17) is 0 Å². The van der Waals surface area contributed by atoms with Gasteiger partial charge in [-0.1, -0.05) is 38.8 Å². The van der Waals surface area contributed by atoms with E-state index < -0.39 is 6.17 Å². The second-order valence-corrected chi connectivity index (χ2v) is 10.1. The maximum absolute atomic E-state index is 14.2. The lowest BCUT2D eigenvalue weighted by Gasteiger charge is -2.59. The Morgan fingerprint density at radius 2 is 1.75 bits per heavy atom. The molecule has 4 rings (SSSR count). The number of hydrogen-bond acceptors (Lipinski definition) is 1. The van der Waals surface area contributed by atoms with Crippen LogP contribution in [0.3, 0.4) is 0 Å². The van der Waals surface area contributed by atoms with Gasteiger partial charge in [0, 0.05) is 6.42 Å². The highest BCUT2D eigenvalue weighted by molar-refractivity contribution is 5.32. The molecule has 0 saturated heterocycles. The Kier molecular flexibility index (Phi) is 3.95. The monoisotopic (exact) mass is 334 g/mol. The van der Waals surface area contributed by atoms with Crippen molar-refractivity contribution in [2.24, 2.45) is 34.5 Å². The Bertz CT molecular complexity index is 552. The van der Waals surface area contributed by atoms with Gasteiger partial charge in [0.05, 0.1) is 6.10 Å². The van der Waals surface area contributed by atoms with Gasteiger partial charge < -0.3 is 5.11 Å². The Hall–Kier alpha value is -0.370. The molecule has 7 unspecified atom stereocenters. The van der Waals surface area contributed by atoms with Gasteiger partial charge in [0.15, 0.2) is 0 Å². The SMILES string of the molecule is CC(C)C1=C2CC(F)CCC2(C)C2CCC3(C)C(O)CCC3C2C1. The lowest BCUT2D eigenvalue weighted by molar-refractivity contribution is -0.0716. The second-order valence-electron chi connectivity index (χ2n) is 10.1. The van der Waals surface area contributed by atoms with Crippen LogP contribution in [0, 0.1) is 34.5 Å². The molecule has 0 aromatic heterocycles. The average Bonchev–Trinajstić information content (AvgIpc) is 2.83. The highest BCUT2D eigenvalue weighted by atomic mass is 19.1. The standard InChI is InChI=1S/C22H35FO/c1-13(2)15-12-16-17-5-6-20(24)22(17,4)10-8-18(16)21(3)9-7-14(23)11-19(15)21/h13-14,16-18,20,24H,5-12H2,1-4H3. The fraction of sp³-hybridized carbons (Fsp3) is 0.909. The lowest BCUT2D eigenvalue weighted by Crippen LogP contribution is -2.52. The van der Waals surface area contributed by atoms with Crippen LogP contribution in [0.2, 0.25) is 0 Å². The van der Waals surface area contributed by atoms with Crippen LogP contribution in [0.4, 0.5) is 4.39 Å². The molecule has 0 radical (unpaired) electrons. The minimum Gasteiger partial charge on any atom is -0.393 e. The normalized spacial score (nSPS) is 51.4. The predicted octanol–water partition coefficient (Wildman–Crippen LogP) is 5.67. The van der Waals surface area contributed by atoms with Gasteiger partial charge >= 0.3 is 0 Å². The topological polar surface area (TPSA) is 20.2 Å². The number of halogens is 1. The van der Waals surface area contributed by atoms with Gasteiger partial charge in [-0.15, -0.1) is 0 Å². The van der Waals surface area contributed by atoms with E-state index in [2.05, 4.69) is 27.7 Å². The number of alkyl halides is 1. The molecule has 2 heteroatoms. The van der Waals surface area contributed by atoms with Crippen LogP contribution >= 0.6 is 0 Å². The van der Waals surface area contributed by atoms with Crippen molar-refractivity contribution in [1.82, 2.24) is 0 Å². The van der Waals surface area contributed by atoms with Crippen molar-refractivity contribution in [3.05, 3.63) is 11.1 Å². The molecule has 7 atom stereocenters. The molecule has 0 spiro atoms. The third kappa shape index (κ3) is 2.20. The maximum Gasteiger partial charge on any atom is 0.104 e. The van der Waals surface area contributed by atoms with Gasteiger partial charge in [0.1, 0.15) is 6.17 Å². The van der Waals surface area contributed by atoms with Crippen LogP contribution in [-0.4, -0.2) is 17.4 Å². The average molecular weight is 335 g/mol. The summed E-state index contributed by atoms with van der Waals surface area (Å²) >= 11 is 0. The molecule has 0 aromatic carbocycles. The van der Waals surface area contributed by atoms with E-state index in [0.29, 0.717) is 30.1 Å². The van der Waals surface area contributed by atoms with E-state index in [-0.39, 0.29) is 16.9 Å². The van der Waals surface area contributed by atoms with E-state index in [9.17, 15) is 9.50 Å². The summed E-state index contributed by atoms with van der Waals surface area (Å²) in [6.07, 6.45) is 7.50. The Balaban J connectivity index is 1.77. The molecule has 3 fully saturated rings. The van der Waals surface area contributed by atoms with E-state index in [1.807, 2.05) is 0 Å². The molecule has 0 bridgehead atoms. The summed E-state index contributed by atoms with van der Waals surface area (Å²) in [5.74, 6) is 2.63. The molecule has 0 heterocycles. The van der Waals surface area contributed by atoms with Crippen LogP contribution < -0.4 is 0 Å². The van der Waals surface area contributed by atoms with Crippen LogP contribution in [0.25, 0.3) is 0 Å². The highest BCUT2D eigenvalue weighted by Gasteiger charge is 2.59. The Morgan fingerprint density at radius 3 is 2.46 bits per heavy atom. The predicted molar refractivity (Wildman–Crippen MR) is 96.4 cm³/mol. The zero-order valence-electron chi connectivity index (χ0n) is 15.9. The quantitative estimate of drug-likeness (QED) is 0.612. The summed E-state index contributed by atoms with van der Waals surface area (Å²) in [5.41, 5.74) is 3.43. The largest absolute Gasteiger partial charge is 0.393 e. The maximum atomic E-state index is 14.2. The number of allylic oxidation sites excluding steroid dienone is 2. The molecular weight excluding hydrogens is 299 g/mol. The van der Waals surface area contributed by atoms with Crippen molar-refractivity contribution < 1.29 is 9.50 Å². The third-order valence-corrected chi connectivity index (χ3v) is 8.84.